The van der Waals surface area contributed by atoms with E-state index in [1.54, 1.807) is 24.5 Å². The van der Waals surface area contributed by atoms with Gasteiger partial charge in [0, 0.05) is 19.3 Å². The Balaban J connectivity index is 1.69. The van der Waals surface area contributed by atoms with E-state index >= 15 is 0 Å². The zero-order valence-electron chi connectivity index (χ0n) is 12.2. The average molecular weight is 314 g/mol. The molecule has 0 unspecified atom stereocenters. The fourth-order valence-electron chi connectivity index (χ4n) is 2.57. The van der Waals surface area contributed by atoms with Crippen LogP contribution in [0.4, 0.5) is 11.5 Å². The van der Waals surface area contributed by atoms with Crippen LogP contribution in [0, 0.1) is 4.64 Å². The first kappa shape index (κ1) is 14.7. The predicted octanol–water partition coefficient (Wildman–Crippen LogP) is 3.38. The van der Waals surface area contributed by atoms with E-state index in [1.165, 1.54) is 19.3 Å². The molecule has 2 aromatic heterocycles. The van der Waals surface area contributed by atoms with Gasteiger partial charge in [0.1, 0.15) is 10.5 Å². The second-order valence-electron chi connectivity index (χ2n) is 5.32. The Hall–Kier alpha value is -2.21. The van der Waals surface area contributed by atoms with Gasteiger partial charge in [0.25, 0.3) is 5.91 Å². The summed E-state index contributed by atoms with van der Waals surface area (Å²) in [5.41, 5.74) is 1.13. The SMILES string of the molecule is O=C(Nc1ccc(N2CCCCC2)nc1)c1ccc[nH]c1=S. The Kier molecular flexibility index (Phi) is 4.48. The molecule has 0 bridgehead atoms. The number of aromatic amines is 1. The smallest absolute Gasteiger partial charge is 0.258 e. The molecule has 1 aliphatic rings. The lowest BCUT2D eigenvalue weighted by atomic mass is 10.1. The summed E-state index contributed by atoms with van der Waals surface area (Å²) in [6.07, 6.45) is 7.12. The van der Waals surface area contributed by atoms with Crippen molar-refractivity contribution in [2.75, 3.05) is 23.3 Å². The summed E-state index contributed by atoms with van der Waals surface area (Å²) in [5, 5.41) is 2.82. The Labute approximate surface area is 134 Å². The summed E-state index contributed by atoms with van der Waals surface area (Å²) in [6.45, 7) is 2.11. The first-order valence-electron chi connectivity index (χ1n) is 7.44. The zero-order valence-corrected chi connectivity index (χ0v) is 13.0. The molecule has 1 amide bonds. The molecule has 0 aromatic carbocycles. The van der Waals surface area contributed by atoms with E-state index in [0.717, 1.165) is 18.9 Å². The first-order chi connectivity index (χ1) is 10.7. The van der Waals surface area contributed by atoms with Crippen LogP contribution in [0.15, 0.2) is 36.7 Å². The number of anilines is 2. The molecule has 0 aliphatic carbocycles. The standard InChI is InChI=1S/C16H18N4OS/c21-15(13-5-4-8-17-16(13)22)19-12-6-7-14(18-11-12)20-9-2-1-3-10-20/h4-8,11H,1-3,9-10H2,(H,17,22)(H,19,21). The van der Waals surface area contributed by atoms with Gasteiger partial charge < -0.3 is 15.2 Å². The van der Waals surface area contributed by atoms with E-state index in [1.807, 2.05) is 12.1 Å². The summed E-state index contributed by atoms with van der Waals surface area (Å²) in [6, 6.07) is 7.28. The Morgan fingerprint density at radius 3 is 2.73 bits per heavy atom. The maximum atomic E-state index is 12.2. The van der Waals surface area contributed by atoms with Crippen molar-refractivity contribution in [3.05, 3.63) is 46.9 Å². The Morgan fingerprint density at radius 1 is 1.23 bits per heavy atom. The van der Waals surface area contributed by atoms with Crippen molar-refractivity contribution < 1.29 is 4.79 Å². The van der Waals surface area contributed by atoms with Crippen LogP contribution in [0.1, 0.15) is 29.6 Å². The number of amides is 1. The lowest BCUT2D eigenvalue weighted by Crippen LogP contribution is -2.30. The highest BCUT2D eigenvalue weighted by molar-refractivity contribution is 7.71. The number of hydrogen-bond acceptors (Lipinski definition) is 4. The Bertz CT molecular complexity index is 705. The number of carbonyl (C=O) groups excluding carboxylic acids is 1. The third kappa shape index (κ3) is 3.33. The van der Waals surface area contributed by atoms with Gasteiger partial charge in [-0.2, -0.15) is 0 Å². The second kappa shape index (κ2) is 6.70. The minimum atomic E-state index is -0.227. The van der Waals surface area contributed by atoms with E-state index in [9.17, 15) is 4.79 Å². The van der Waals surface area contributed by atoms with Crippen LogP contribution in [0.3, 0.4) is 0 Å². The minimum Gasteiger partial charge on any atom is -0.357 e. The molecule has 0 radical (unpaired) electrons. The largest absolute Gasteiger partial charge is 0.357 e. The zero-order chi connectivity index (χ0) is 15.4. The molecule has 1 fully saturated rings. The number of rotatable bonds is 3. The molecule has 5 nitrogen and oxygen atoms in total. The maximum absolute atomic E-state index is 12.2. The number of H-pyrrole nitrogens is 1. The molecule has 3 heterocycles. The molecule has 6 heteroatoms. The number of pyridine rings is 2. The third-order valence-corrected chi connectivity index (χ3v) is 4.09. The van der Waals surface area contributed by atoms with Gasteiger partial charge in [-0.25, -0.2) is 4.98 Å². The van der Waals surface area contributed by atoms with Crippen LogP contribution >= 0.6 is 12.2 Å². The number of nitrogens with zero attached hydrogens (tertiary/aromatic N) is 2. The van der Waals surface area contributed by atoms with Crippen molar-refractivity contribution >= 4 is 29.6 Å². The van der Waals surface area contributed by atoms with Crippen LogP contribution in [-0.4, -0.2) is 29.0 Å². The maximum Gasteiger partial charge on any atom is 0.258 e. The summed E-state index contributed by atoms with van der Waals surface area (Å²) in [5.74, 6) is 0.740. The van der Waals surface area contributed by atoms with Gasteiger partial charge in [0.2, 0.25) is 0 Å². The molecule has 1 aliphatic heterocycles. The van der Waals surface area contributed by atoms with E-state index in [-0.39, 0.29) is 5.91 Å². The molecular formula is C16H18N4OS. The van der Waals surface area contributed by atoms with E-state index < -0.39 is 0 Å². The number of piperidine rings is 1. The van der Waals surface area contributed by atoms with Gasteiger partial charge in [-0.05, 0) is 43.5 Å². The van der Waals surface area contributed by atoms with Gasteiger partial charge in [-0.15, -0.1) is 0 Å². The van der Waals surface area contributed by atoms with Crippen molar-refractivity contribution in [2.24, 2.45) is 0 Å². The van der Waals surface area contributed by atoms with Crippen molar-refractivity contribution in [3.63, 3.8) is 0 Å². The van der Waals surface area contributed by atoms with Crippen LogP contribution in [-0.2, 0) is 0 Å². The van der Waals surface area contributed by atoms with Crippen molar-refractivity contribution in [1.82, 2.24) is 9.97 Å². The number of hydrogen-bond donors (Lipinski definition) is 2. The molecule has 0 saturated carbocycles. The van der Waals surface area contributed by atoms with Gasteiger partial charge in [0.15, 0.2) is 0 Å². The lowest BCUT2D eigenvalue weighted by molar-refractivity contribution is 0.102. The first-order valence-corrected chi connectivity index (χ1v) is 7.85. The molecule has 1 saturated heterocycles. The monoisotopic (exact) mass is 314 g/mol. The van der Waals surface area contributed by atoms with E-state index in [4.69, 9.17) is 12.2 Å². The average Bonchev–Trinajstić information content (AvgIpc) is 2.57. The minimum absolute atomic E-state index is 0.227. The molecule has 0 spiro atoms. The van der Waals surface area contributed by atoms with Crippen molar-refractivity contribution in [2.45, 2.75) is 19.3 Å². The summed E-state index contributed by atoms with van der Waals surface area (Å²) in [7, 11) is 0. The van der Waals surface area contributed by atoms with E-state index in [2.05, 4.69) is 20.2 Å². The highest BCUT2D eigenvalue weighted by Crippen LogP contribution is 2.19. The van der Waals surface area contributed by atoms with Gasteiger partial charge in [-0.1, -0.05) is 12.2 Å². The normalized spacial score (nSPS) is 14.6. The molecule has 2 aromatic rings. The summed E-state index contributed by atoms with van der Waals surface area (Å²) >= 11 is 5.11. The van der Waals surface area contributed by atoms with Crippen molar-refractivity contribution in [1.29, 1.82) is 0 Å². The third-order valence-electron chi connectivity index (χ3n) is 3.75. The van der Waals surface area contributed by atoms with Gasteiger partial charge in [-0.3, -0.25) is 4.79 Å². The van der Waals surface area contributed by atoms with Crippen LogP contribution in [0.2, 0.25) is 0 Å². The quantitative estimate of drug-likeness (QED) is 0.853. The van der Waals surface area contributed by atoms with Crippen LogP contribution < -0.4 is 10.2 Å². The van der Waals surface area contributed by atoms with Gasteiger partial charge in [0.05, 0.1) is 17.4 Å². The molecular weight excluding hydrogens is 296 g/mol. The number of nitrogens with one attached hydrogen (secondary N) is 2. The lowest BCUT2D eigenvalue weighted by Gasteiger charge is -2.27. The number of aromatic nitrogens is 2. The molecule has 2 N–H and O–H groups in total. The second-order valence-corrected chi connectivity index (χ2v) is 5.73. The summed E-state index contributed by atoms with van der Waals surface area (Å²) < 4.78 is 0.429. The molecule has 0 atom stereocenters. The number of carbonyl (C=O) groups is 1. The fourth-order valence-corrected chi connectivity index (χ4v) is 2.80. The highest BCUT2D eigenvalue weighted by Gasteiger charge is 2.12. The van der Waals surface area contributed by atoms with Crippen molar-refractivity contribution in [3.8, 4) is 0 Å². The Morgan fingerprint density at radius 2 is 2.05 bits per heavy atom. The predicted molar refractivity (Wildman–Crippen MR) is 89.9 cm³/mol. The molecule has 3 rings (SSSR count). The highest BCUT2D eigenvalue weighted by atomic mass is 32.1. The summed E-state index contributed by atoms with van der Waals surface area (Å²) in [4.78, 5) is 21.8. The fraction of sp³-hybridized carbons (Fsp3) is 0.312. The molecule has 22 heavy (non-hydrogen) atoms. The van der Waals surface area contributed by atoms with Gasteiger partial charge >= 0.3 is 0 Å². The molecule has 114 valence electrons. The van der Waals surface area contributed by atoms with E-state index in [0.29, 0.717) is 15.9 Å². The van der Waals surface area contributed by atoms with Crippen LogP contribution in [0.5, 0.6) is 0 Å². The topological polar surface area (TPSA) is 61.0 Å². The van der Waals surface area contributed by atoms with Crippen LogP contribution in [0.25, 0.3) is 0 Å².